The van der Waals surface area contributed by atoms with Gasteiger partial charge in [-0.2, -0.15) is 0 Å². The highest BCUT2D eigenvalue weighted by molar-refractivity contribution is 6.23. The van der Waals surface area contributed by atoms with Gasteiger partial charge in [0.25, 0.3) is 5.91 Å². The Kier molecular flexibility index (Phi) is 5.26. The number of hydrogen-bond donors (Lipinski definition) is 1. The summed E-state index contributed by atoms with van der Waals surface area (Å²) in [6.07, 6.45) is -0.0822. The summed E-state index contributed by atoms with van der Waals surface area (Å²) in [5.74, 6) is -1.17. The molecule has 33 heavy (non-hydrogen) atoms. The van der Waals surface area contributed by atoms with E-state index in [0.29, 0.717) is 11.3 Å². The Balaban J connectivity index is 1.58. The lowest BCUT2D eigenvalue weighted by Gasteiger charge is -2.29. The number of carbonyl (C=O) groups is 2. The van der Waals surface area contributed by atoms with E-state index in [-0.39, 0.29) is 23.3 Å². The summed E-state index contributed by atoms with van der Waals surface area (Å²) in [5, 5.41) is 11.7. The average Bonchev–Trinajstić information content (AvgIpc) is 3.36. The normalized spacial score (nSPS) is 22.1. The van der Waals surface area contributed by atoms with E-state index >= 15 is 0 Å². The number of para-hydroxylation sites is 1. The number of amides is 2. The monoisotopic (exact) mass is 444 g/mol. The molecule has 2 saturated heterocycles. The minimum Gasteiger partial charge on any atom is -0.504 e. The Morgan fingerprint density at radius 3 is 2.33 bits per heavy atom. The molecular weight excluding hydrogens is 420 g/mol. The van der Waals surface area contributed by atoms with Gasteiger partial charge < -0.3 is 9.84 Å². The fourth-order valence-electron chi connectivity index (χ4n) is 4.57. The third-order valence-electron chi connectivity index (χ3n) is 6.27. The van der Waals surface area contributed by atoms with Crippen molar-refractivity contribution in [1.82, 2.24) is 0 Å². The zero-order chi connectivity index (χ0) is 23.1. The molecule has 0 unspecified atom stereocenters. The predicted octanol–water partition coefficient (Wildman–Crippen LogP) is 4.01. The third kappa shape index (κ3) is 3.41. The van der Waals surface area contributed by atoms with Gasteiger partial charge in [0.1, 0.15) is 5.92 Å². The summed E-state index contributed by atoms with van der Waals surface area (Å²) in [7, 11) is 1.47. The fourth-order valence-corrected chi connectivity index (χ4v) is 4.57. The highest BCUT2D eigenvalue weighted by Crippen LogP contribution is 2.48. The van der Waals surface area contributed by atoms with E-state index < -0.39 is 18.1 Å². The van der Waals surface area contributed by atoms with Crippen LogP contribution in [0.3, 0.4) is 0 Å². The Morgan fingerprint density at radius 1 is 0.939 bits per heavy atom. The molecule has 0 bridgehead atoms. The number of anilines is 2. The van der Waals surface area contributed by atoms with Crippen molar-refractivity contribution in [3.63, 3.8) is 0 Å². The predicted molar refractivity (Wildman–Crippen MR) is 123 cm³/mol. The first-order valence-electron chi connectivity index (χ1n) is 10.9. The molecule has 0 spiro atoms. The van der Waals surface area contributed by atoms with Crippen LogP contribution in [0.15, 0.2) is 72.8 Å². The number of ether oxygens (including phenoxy) is 1. The number of rotatable bonds is 5. The Morgan fingerprint density at radius 2 is 1.67 bits per heavy atom. The van der Waals surface area contributed by atoms with Crippen LogP contribution in [0.5, 0.6) is 11.5 Å². The molecule has 2 aliphatic rings. The first kappa shape index (κ1) is 21.0. The second-order valence-electron chi connectivity index (χ2n) is 8.12. The second kappa shape index (κ2) is 8.26. The molecule has 2 amide bonds. The lowest BCUT2D eigenvalue weighted by Crippen LogP contribution is -2.37. The van der Waals surface area contributed by atoms with E-state index in [0.717, 1.165) is 17.7 Å². The number of methoxy groups -OCH3 is 1. The van der Waals surface area contributed by atoms with Crippen molar-refractivity contribution in [3.8, 4) is 11.5 Å². The van der Waals surface area contributed by atoms with Crippen molar-refractivity contribution in [1.29, 1.82) is 0 Å². The molecule has 2 heterocycles. The molecule has 168 valence electrons. The van der Waals surface area contributed by atoms with E-state index in [4.69, 9.17) is 9.57 Å². The van der Waals surface area contributed by atoms with Gasteiger partial charge in [-0.25, -0.2) is 9.96 Å². The molecule has 3 atom stereocenters. The van der Waals surface area contributed by atoms with Crippen LogP contribution in [-0.2, 0) is 20.8 Å². The summed E-state index contributed by atoms with van der Waals surface area (Å²) in [6.45, 7) is 2.05. The zero-order valence-corrected chi connectivity index (χ0v) is 18.3. The first-order chi connectivity index (χ1) is 16.0. The van der Waals surface area contributed by atoms with Crippen LogP contribution >= 0.6 is 0 Å². The minimum absolute atomic E-state index is 0.00515. The molecule has 2 fully saturated rings. The van der Waals surface area contributed by atoms with Gasteiger partial charge in [0, 0.05) is 0 Å². The molecule has 3 aromatic carbocycles. The molecule has 1 N–H and O–H groups in total. The molecule has 0 aromatic heterocycles. The van der Waals surface area contributed by atoms with Crippen LogP contribution in [-0.4, -0.2) is 30.1 Å². The molecule has 0 radical (unpaired) electrons. The standard InChI is InChI=1S/C26H24N2O5/c1-3-16-9-12-18(13-10-16)27-25(30)22-23(17-11-14-20(29)21(15-17)32-2)28(33-24(22)26(27)31)19-7-5-4-6-8-19/h4-15,22-24,29H,3H2,1-2H3/t22-,23+,24-/m1/s1. The van der Waals surface area contributed by atoms with Crippen LogP contribution in [0.25, 0.3) is 0 Å². The minimum atomic E-state index is -0.951. The van der Waals surface area contributed by atoms with Crippen LogP contribution in [0.4, 0.5) is 11.4 Å². The van der Waals surface area contributed by atoms with Crippen molar-refractivity contribution >= 4 is 23.2 Å². The second-order valence-corrected chi connectivity index (χ2v) is 8.12. The van der Waals surface area contributed by atoms with Gasteiger partial charge in [-0.3, -0.25) is 14.4 Å². The Bertz CT molecular complexity index is 1200. The van der Waals surface area contributed by atoms with E-state index in [2.05, 4.69) is 0 Å². The van der Waals surface area contributed by atoms with E-state index in [1.165, 1.54) is 18.1 Å². The number of nitrogens with zero attached hydrogens (tertiary/aromatic N) is 2. The van der Waals surface area contributed by atoms with Gasteiger partial charge in [-0.15, -0.1) is 0 Å². The number of aryl methyl sites for hydroxylation is 1. The van der Waals surface area contributed by atoms with Gasteiger partial charge in [0.15, 0.2) is 17.6 Å². The molecule has 0 aliphatic carbocycles. The van der Waals surface area contributed by atoms with Gasteiger partial charge in [-0.05, 0) is 53.9 Å². The first-order valence-corrected chi connectivity index (χ1v) is 10.9. The molecule has 2 aliphatic heterocycles. The van der Waals surface area contributed by atoms with Crippen molar-refractivity contribution in [2.75, 3.05) is 17.1 Å². The summed E-state index contributed by atoms with van der Waals surface area (Å²) in [5.41, 5.74) is 3.08. The van der Waals surface area contributed by atoms with Crippen LogP contribution in [0, 0.1) is 5.92 Å². The summed E-state index contributed by atoms with van der Waals surface area (Å²) >= 11 is 0. The lowest BCUT2D eigenvalue weighted by molar-refractivity contribution is -0.126. The number of phenols is 1. The largest absolute Gasteiger partial charge is 0.504 e. The number of phenolic OH excluding ortho intramolecular Hbond substituents is 1. The van der Waals surface area contributed by atoms with Gasteiger partial charge >= 0.3 is 0 Å². The van der Waals surface area contributed by atoms with Crippen molar-refractivity contribution in [2.45, 2.75) is 25.5 Å². The number of carbonyl (C=O) groups excluding carboxylic acids is 2. The molecule has 0 saturated carbocycles. The van der Waals surface area contributed by atoms with Crippen LogP contribution < -0.4 is 14.7 Å². The summed E-state index contributed by atoms with van der Waals surface area (Å²) in [6, 6.07) is 21.1. The van der Waals surface area contributed by atoms with Gasteiger partial charge in [-0.1, -0.05) is 43.3 Å². The fraction of sp³-hybridized carbons (Fsp3) is 0.231. The van der Waals surface area contributed by atoms with E-state index in [9.17, 15) is 14.7 Å². The smallest absolute Gasteiger partial charge is 0.266 e. The number of hydroxylamine groups is 1. The number of hydrogen-bond acceptors (Lipinski definition) is 6. The quantitative estimate of drug-likeness (QED) is 0.599. The van der Waals surface area contributed by atoms with Crippen LogP contribution in [0.1, 0.15) is 24.1 Å². The maximum Gasteiger partial charge on any atom is 0.266 e. The van der Waals surface area contributed by atoms with Crippen molar-refractivity contribution in [2.24, 2.45) is 5.92 Å². The number of fused-ring (bicyclic) bond motifs is 1. The van der Waals surface area contributed by atoms with E-state index in [1.54, 1.807) is 29.3 Å². The van der Waals surface area contributed by atoms with Gasteiger partial charge in [0.2, 0.25) is 5.91 Å². The third-order valence-corrected chi connectivity index (χ3v) is 6.27. The maximum atomic E-state index is 13.7. The average molecular weight is 444 g/mol. The molecule has 7 nitrogen and oxygen atoms in total. The molecule has 3 aromatic rings. The number of imide groups is 1. The Hall–Kier alpha value is -3.84. The summed E-state index contributed by atoms with van der Waals surface area (Å²) < 4.78 is 5.29. The lowest BCUT2D eigenvalue weighted by atomic mass is 9.90. The van der Waals surface area contributed by atoms with Crippen molar-refractivity contribution < 1.29 is 24.3 Å². The topological polar surface area (TPSA) is 79.3 Å². The molecule has 5 rings (SSSR count). The Labute approximate surface area is 191 Å². The maximum absolute atomic E-state index is 13.7. The number of aromatic hydroxyl groups is 1. The molecule has 7 heteroatoms. The van der Waals surface area contributed by atoms with Gasteiger partial charge in [0.05, 0.1) is 24.5 Å². The van der Waals surface area contributed by atoms with Crippen LogP contribution in [0.2, 0.25) is 0 Å². The SMILES string of the molecule is CCc1ccc(N2C(=O)[C@H]3[C@@H](ON(c4ccccc4)[C@H]3c3ccc(O)c(OC)c3)C2=O)cc1. The summed E-state index contributed by atoms with van der Waals surface area (Å²) in [4.78, 5) is 34.4. The highest BCUT2D eigenvalue weighted by Gasteiger charge is 2.60. The zero-order valence-electron chi connectivity index (χ0n) is 18.3. The number of benzene rings is 3. The molecular formula is C26H24N2O5. The highest BCUT2D eigenvalue weighted by atomic mass is 16.7. The van der Waals surface area contributed by atoms with Crippen molar-refractivity contribution in [3.05, 3.63) is 83.9 Å². The van der Waals surface area contributed by atoms with E-state index in [1.807, 2.05) is 49.4 Å².